The smallest absolute Gasteiger partial charge is 0.244 e. The van der Waals surface area contributed by atoms with E-state index in [-0.39, 0.29) is 6.04 Å². The lowest BCUT2D eigenvalue weighted by Gasteiger charge is -2.37. The van der Waals surface area contributed by atoms with Crippen molar-refractivity contribution in [2.45, 2.75) is 36.5 Å². The highest BCUT2D eigenvalue weighted by Gasteiger charge is 2.40. The third-order valence-corrected chi connectivity index (χ3v) is 6.82. The van der Waals surface area contributed by atoms with Crippen molar-refractivity contribution in [3.63, 3.8) is 0 Å². The predicted octanol–water partition coefficient (Wildman–Crippen LogP) is 2.37. The number of benzene rings is 1. The lowest BCUT2D eigenvalue weighted by Crippen LogP contribution is -2.50. The summed E-state index contributed by atoms with van der Waals surface area (Å²) in [6.45, 7) is 1.58. The molecule has 2 aliphatic heterocycles. The molecule has 0 radical (unpaired) electrons. The van der Waals surface area contributed by atoms with Crippen molar-refractivity contribution in [2.75, 3.05) is 19.8 Å². The van der Waals surface area contributed by atoms with Gasteiger partial charge in [-0.1, -0.05) is 18.6 Å². The number of halogens is 1. The number of sulfonamides is 1. The minimum absolute atomic E-state index is 0.238. The van der Waals surface area contributed by atoms with E-state index in [1.165, 1.54) is 0 Å². The molecule has 0 bridgehead atoms. The van der Waals surface area contributed by atoms with Gasteiger partial charge in [0.25, 0.3) is 0 Å². The van der Waals surface area contributed by atoms with Crippen LogP contribution in [0.5, 0.6) is 0 Å². The number of piperidine rings is 1. The minimum atomic E-state index is -3.55. The van der Waals surface area contributed by atoms with Gasteiger partial charge in [0.1, 0.15) is 0 Å². The number of rotatable bonds is 3. The molecule has 0 spiro atoms. The van der Waals surface area contributed by atoms with Gasteiger partial charge in [-0.3, -0.25) is 0 Å². The molecule has 0 aliphatic carbocycles. The van der Waals surface area contributed by atoms with Gasteiger partial charge < -0.3 is 9.47 Å². The van der Waals surface area contributed by atoms with Crippen LogP contribution in [0.25, 0.3) is 0 Å². The van der Waals surface area contributed by atoms with Gasteiger partial charge in [-0.15, -0.1) is 0 Å². The van der Waals surface area contributed by atoms with Gasteiger partial charge in [-0.2, -0.15) is 4.31 Å². The Morgan fingerprint density at radius 3 is 2.57 bits per heavy atom. The molecule has 3 rings (SSSR count). The Hall–Kier alpha value is -0.470. The third kappa shape index (κ3) is 3.03. The summed E-state index contributed by atoms with van der Waals surface area (Å²) in [5.74, 6) is 0. The first-order valence-electron chi connectivity index (χ1n) is 7.10. The zero-order valence-corrected chi connectivity index (χ0v) is 14.0. The van der Waals surface area contributed by atoms with Gasteiger partial charge >= 0.3 is 0 Å². The fourth-order valence-electron chi connectivity index (χ4n) is 2.88. The Morgan fingerprint density at radius 2 is 1.86 bits per heavy atom. The van der Waals surface area contributed by atoms with E-state index in [0.717, 1.165) is 19.3 Å². The summed E-state index contributed by atoms with van der Waals surface area (Å²) in [6, 6.07) is 6.67. The summed E-state index contributed by atoms with van der Waals surface area (Å²) < 4.78 is 39.1. The normalized spacial score (nSPS) is 25.3. The largest absolute Gasteiger partial charge is 0.349 e. The van der Waals surface area contributed by atoms with Crippen LogP contribution in [0.1, 0.15) is 19.3 Å². The Balaban J connectivity index is 1.93. The first-order chi connectivity index (χ1) is 10.1. The fourth-order valence-corrected chi connectivity index (χ4v) is 5.53. The second-order valence-electron chi connectivity index (χ2n) is 5.22. The van der Waals surface area contributed by atoms with Crippen molar-refractivity contribution in [3.05, 3.63) is 28.7 Å². The van der Waals surface area contributed by atoms with E-state index < -0.39 is 16.3 Å². The molecule has 0 saturated carbocycles. The van der Waals surface area contributed by atoms with Crippen molar-refractivity contribution < 1.29 is 17.9 Å². The summed E-state index contributed by atoms with van der Waals surface area (Å²) in [5, 5.41) is 0. The molecule has 0 amide bonds. The van der Waals surface area contributed by atoms with E-state index in [2.05, 4.69) is 15.9 Å². The van der Waals surface area contributed by atoms with E-state index in [0.29, 0.717) is 29.1 Å². The monoisotopic (exact) mass is 375 g/mol. The third-order valence-electron chi connectivity index (χ3n) is 3.88. The van der Waals surface area contributed by atoms with Gasteiger partial charge in [-0.25, -0.2) is 8.42 Å². The van der Waals surface area contributed by atoms with Gasteiger partial charge in [0.15, 0.2) is 6.29 Å². The van der Waals surface area contributed by atoms with E-state index >= 15 is 0 Å². The molecule has 7 heteroatoms. The maximum absolute atomic E-state index is 13.0. The molecule has 1 atom stereocenters. The maximum atomic E-state index is 13.0. The average molecular weight is 376 g/mol. The molecule has 5 nitrogen and oxygen atoms in total. The lowest BCUT2D eigenvalue weighted by molar-refractivity contribution is -0.0913. The Kier molecular flexibility index (Phi) is 4.66. The molecular formula is C14H18BrNO4S. The Morgan fingerprint density at radius 1 is 1.14 bits per heavy atom. The topological polar surface area (TPSA) is 55.8 Å². The molecule has 0 aromatic heterocycles. The standard InChI is InChI=1S/C14H18BrNO4S/c15-11-5-1-2-7-13(11)21(17,18)16-8-4-3-6-12(16)14-19-9-10-20-14/h1-2,5,7,12,14H,3-4,6,8-10H2/t12-/m0/s1. The van der Waals surface area contributed by atoms with Crippen LogP contribution in [0.15, 0.2) is 33.6 Å². The Bertz CT molecular complexity index is 601. The zero-order chi connectivity index (χ0) is 14.9. The highest BCUT2D eigenvalue weighted by Crippen LogP contribution is 2.32. The SMILES string of the molecule is O=S(=O)(c1ccccc1Br)N1CCCC[C@H]1C1OCCO1. The van der Waals surface area contributed by atoms with Crippen LogP contribution >= 0.6 is 15.9 Å². The van der Waals surface area contributed by atoms with Crippen LogP contribution in [0.2, 0.25) is 0 Å². The summed E-state index contributed by atoms with van der Waals surface area (Å²) in [4.78, 5) is 0.301. The minimum Gasteiger partial charge on any atom is -0.349 e. The molecule has 1 aromatic rings. The number of ether oxygens (including phenoxy) is 2. The first-order valence-corrected chi connectivity index (χ1v) is 9.33. The molecule has 2 fully saturated rings. The molecule has 116 valence electrons. The summed E-state index contributed by atoms with van der Waals surface area (Å²) in [7, 11) is -3.55. The van der Waals surface area contributed by atoms with Crippen molar-refractivity contribution in [1.29, 1.82) is 0 Å². The molecule has 1 aromatic carbocycles. The molecule has 0 unspecified atom stereocenters. The summed E-state index contributed by atoms with van der Waals surface area (Å²) in [5.41, 5.74) is 0. The average Bonchev–Trinajstić information content (AvgIpc) is 3.01. The van der Waals surface area contributed by atoms with Crippen molar-refractivity contribution in [3.8, 4) is 0 Å². The second-order valence-corrected chi connectivity index (χ2v) is 7.93. The van der Waals surface area contributed by atoms with Crippen LogP contribution < -0.4 is 0 Å². The molecule has 21 heavy (non-hydrogen) atoms. The van der Waals surface area contributed by atoms with Crippen molar-refractivity contribution in [1.82, 2.24) is 4.31 Å². The molecular weight excluding hydrogens is 358 g/mol. The lowest BCUT2D eigenvalue weighted by atomic mass is 10.0. The number of nitrogens with zero attached hydrogens (tertiary/aromatic N) is 1. The van der Waals surface area contributed by atoms with Gasteiger partial charge in [0.2, 0.25) is 10.0 Å². The number of hydrogen-bond donors (Lipinski definition) is 0. The van der Waals surface area contributed by atoms with Crippen molar-refractivity contribution >= 4 is 26.0 Å². The fraction of sp³-hybridized carbons (Fsp3) is 0.571. The zero-order valence-electron chi connectivity index (χ0n) is 11.6. The van der Waals surface area contributed by atoms with Crippen molar-refractivity contribution in [2.24, 2.45) is 0 Å². The first kappa shape index (κ1) is 15.4. The molecule has 2 heterocycles. The molecule has 0 N–H and O–H groups in total. The van der Waals surface area contributed by atoms with Gasteiger partial charge in [0.05, 0.1) is 24.2 Å². The van der Waals surface area contributed by atoms with E-state index in [1.807, 2.05) is 0 Å². The van der Waals surface area contributed by atoms with Crippen LogP contribution in [0, 0.1) is 0 Å². The van der Waals surface area contributed by atoms with E-state index in [9.17, 15) is 8.42 Å². The Labute approximate surface area is 133 Å². The van der Waals surface area contributed by atoms with Crippen LogP contribution in [-0.4, -0.2) is 44.8 Å². The predicted molar refractivity (Wildman–Crippen MR) is 81.4 cm³/mol. The van der Waals surface area contributed by atoms with E-state index in [1.54, 1.807) is 28.6 Å². The molecule has 2 saturated heterocycles. The van der Waals surface area contributed by atoms with Crippen LogP contribution in [-0.2, 0) is 19.5 Å². The van der Waals surface area contributed by atoms with Crippen LogP contribution in [0.4, 0.5) is 0 Å². The highest BCUT2D eigenvalue weighted by molar-refractivity contribution is 9.10. The summed E-state index contributed by atoms with van der Waals surface area (Å²) >= 11 is 3.33. The van der Waals surface area contributed by atoms with Gasteiger partial charge in [-0.05, 0) is 40.9 Å². The second kappa shape index (κ2) is 6.34. The van der Waals surface area contributed by atoms with Crippen LogP contribution in [0.3, 0.4) is 0 Å². The molecule has 2 aliphatic rings. The van der Waals surface area contributed by atoms with E-state index in [4.69, 9.17) is 9.47 Å². The highest BCUT2D eigenvalue weighted by atomic mass is 79.9. The summed E-state index contributed by atoms with van der Waals surface area (Å²) in [6.07, 6.45) is 2.19. The quantitative estimate of drug-likeness (QED) is 0.813. The number of hydrogen-bond acceptors (Lipinski definition) is 4. The maximum Gasteiger partial charge on any atom is 0.244 e. The van der Waals surface area contributed by atoms with Gasteiger partial charge in [0, 0.05) is 11.0 Å².